The molecular formula is C13H18N2O4S. The van der Waals surface area contributed by atoms with Crippen LogP contribution in [0.1, 0.15) is 22.3 Å². The molecule has 0 bridgehead atoms. The lowest BCUT2D eigenvalue weighted by molar-refractivity contribution is 0.0600. The molecule has 1 aromatic carbocycles. The van der Waals surface area contributed by atoms with Crippen molar-refractivity contribution < 1.29 is 17.9 Å². The molecule has 0 aromatic heterocycles. The van der Waals surface area contributed by atoms with Crippen LogP contribution in [-0.4, -0.2) is 44.9 Å². The Hall–Kier alpha value is -1.44. The highest BCUT2D eigenvalue weighted by Gasteiger charge is 2.30. The first-order valence-corrected chi connectivity index (χ1v) is 7.94. The maximum absolute atomic E-state index is 12.3. The van der Waals surface area contributed by atoms with Crippen molar-refractivity contribution in [3.8, 4) is 0 Å². The molecule has 6 nitrogen and oxygen atoms in total. The number of carbonyl (C=O) groups is 1. The predicted octanol–water partition coefficient (Wildman–Crippen LogP) is 0.336. The third kappa shape index (κ3) is 3.17. The van der Waals surface area contributed by atoms with E-state index in [0.717, 1.165) is 0 Å². The van der Waals surface area contributed by atoms with Gasteiger partial charge in [0.1, 0.15) is 0 Å². The zero-order chi connectivity index (χ0) is 14.8. The molecule has 1 atom stereocenters. The minimum Gasteiger partial charge on any atom is -0.465 e. The highest BCUT2D eigenvalue weighted by Crippen LogP contribution is 2.19. The Kier molecular flexibility index (Phi) is 4.42. The molecule has 2 rings (SSSR count). The lowest BCUT2D eigenvalue weighted by Gasteiger charge is -2.17. The Labute approximate surface area is 118 Å². The number of nitrogens with zero attached hydrogens (tertiary/aromatic N) is 1. The van der Waals surface area contributed by atoms with Crippen molar-refractivity contribution >= 4 is 16.0 Å². The maximum Gasteiger partial charge on any atom is 0.338 e. The SMILES string of the molecule is COC(=O)c1ccccc1CS(=O)(=O)N1CC[C@@H](N)C1. The summed E-state index contributed by atoms with van der Waals surface area (Å²) >= 11 is 0. The fourth-order valence-corrected chi connectivity index (χ4v) is 3.88. The van der Waals surface area contributed by atoms with Crippen molar-refractivity contribution in [1.29, 1.82) is 0 Å². The van der Waals surface area contributed by atoms with Gasteiger partial charge in [-0.25, -0.2) is 17.5 Å². The van der Waals surface area contributed by atoms with E-state index >= 15 is 0 Å². The molecule has 1 heterocycles. The van der Waals surface area contributed by atoms with Gasteiger partial charge < -0.3 is 10.5 Å². The van der Waals surface area contributed by atoms with E-state index in [0.29, 0.717) is 25.1 Å². The normalized spacial score (nSPS) is 20.0. The van der Waals surface area contributed by atoms with Gasteiger partial charge in [-0.15, -0.1) is 0 Å². The van der Waals surface area contributed by atoms with Gasteiger partial charge in [0, 0.05) is 19.1 Å². The number of nitrogens with two attached hydrogens (primary N) is 1. The predicted molar refractivity (Wildman–Crippen MR) is 74.6 cm³/mol. The van der Waals surface area contributed by atoms with Gasteiger partial charge >= 0.3 is 5.97 Å². The summed E-state index contributed by atoms with van der Waals surface area (Å²) in [5.41, 5.74) is 6.46. The van der Waals surface area contributed by atoms with E-state index in [1.54, 1.807) is 24.3 Å². The highest BCUT2D eigenvalue weighted by atomic mass is 32.2. The number of ether oxygens (including phenoxy) is 1. The van der Waals surface area contributed by atoms with Crippen molar-refractivity contribution in [3.05, 3.63) is 35.4 Å². The minimum atomic E-state index is -3.46. The summed E-state index contributed by atoms with van der Waals surface area (Å²) in [6, 6.07) is 6.45. The van der Waals surface area contributed by atoms with Crippen LogP contribution in [-0.2, 0) is 20.5 Å². The molecule has 2 N–H and O–H groups in total. The smallest absolute Gasteiger partial charge is 0.338 e. The summed E-state index contributed by atoms with van der Waals surface area (Å²) in [4.78, 5) is 11.6. The minimum absolute atomic E-state index is 0.111. The summed E-state index contributed by atoms with van der Waals surface area (Å²) in [7, 11) is -2.19. The number of esters is 1. The molecule has 1 aliphatic rings. The molecule has 0 saturated carbocycles. The average Bonchev–Trinajstić information content (AvgIpc) is 2.86. The second kappa shape index (κ2) is 5.90. The van der Waals surface area contributed by atoms with Gasteiger partial charge in [0.25, 0.3) is 0 Å². The summed E-state index contributed by atoms with van der Waals surface area (Å²) < 4.78 is 30.7. The molecule has 110 valence electrons. The van der Waals surface area contributed by atoms with Crippen molar-refractivity contribution in [2.45, 2.75) is 18.2 Å². The van der Waals surface area contributed by atoms with E-state index in [-0.39, 0.29) is 17.4 Å². The van der Waals surface area contributed by atoms with Gasteiger partial charge in [0.2, 0.25) is 10.0 Å². The van der Waals surface area contributed by atoms with Crippen LogP contribution in [0.25, 0.3) is 0 Å². The topological polar surface area (TPSA) is 89.7 Å². The van der Waals surface area contributed by atoms with Crippen LogP contribution in [0.3, 0.4) is 0 Å². The number of rotatable bonds is 4. The highest BCUT2D eigenvalue weighted by molar-refractivity contribution is 7.88. The standard InChI is InChI=1S/C13H18N2O4S/c1-19-13(16)12-5-3-2-4-10(12)9-20(17,18)15-7-6-11(14)8-15/h2-5,11H,6-9,14H2,1H3/t11-/m1/s1. The Morgan fingerprint density at radius 2 is 2.15 bits per heavy atom. The van der Waals surface area contributed by atoms with Gasteiger partial charge in [0.05, 0.1) is 18.4 Å². The zero-order valence-electron chi connectivity index (χ0n) is 11.3. The molecule has 20 heavy (non-hydrogen) atoms. The van der Waals surface area contributed by atoms with Gasteiger partial charge in [-0.3, -0.25) is 0 Å². The van der Waals surface area contributed by atoms with Gasteiger partial charge in [-0.05, 0) is 18.1 Å². The second-order valence-electron chi connectivity index (χ2n) is 4.81. The molecule has 0 amide bonds. The number of methoxy groups -OCH3 is 1. The molecule has 7 heteroatoms. The van der Waals surface area contributed by atoms with E-state index in [4.69, 9.17) is 5.73 Å². The van der Waals surface area contributed by atoms with Crippen LogP contribution in [0, 0.1) is 0 Å². The van der Waals surface area contributed by atoms with Crippen LogP contribution >= 0.6 is 0 Å². The van der Waals surface area contributed by atoms with Crippen LogP contribution in [0.15, 0.2) is 24.3 Å². The summed E-state index contributed by atoms with van der Waals surface area (Å²) in [5.74, 6) is -0.751. The maximum atomic E-state index is 12.3. The first-order chi connectivity index (χ1) is 9.44. The Morgan fingerprint density at radius 3 is 2.75 bits per heavy atom. The largest absolute Gasteiger partial charge is 0.465 e. The van der Waals surface area contributed by atoms with E-state index in [1.807, 2.05) is 0 Å². The van der Waals surface area contributed by atoms with Crippen molar-refractivity contribution in [2.75, 3.05) is 20.2 Å². The Bertz CT molecular complexity index is 600. The zero-order valence-corrected chi connectivity index (χ0v) is 12.1. The van der Waals surface area contributed by atoms with Crippen LogP contribution in [0.4, 0.5) is 0 Å². The van der Waals surface area contributed by atoms with Crippen molar-refractivity contribution in [1.82, 2.24) is 4.31 Å². The molecule has 0 aliphatic carbocycles. The van der Waals surface area contributed by atoms with Gasteiger partial charge in [0.15, 0.2) is 0 Å². The number of hydrogen-bond acceptors (Lipinski definition) is 5. The number of benzene rings is 1. The monoisotopic (exact) mass is 298 g/mol. The Balaban J connectivity index is 2.23. The molecular weight excluding hydrogens is 280 g/mol. The lowest BCUT2D eigenvalue weighted by atomic mass is 10.1. The summed E-state index contributed by atoms with van der Waals surface area (Å²) in [5, 5.41) is 0. The van der Waals surface area contributed by atoms with Gasteiger partial charge in [-0.1, -0.05) is 18.2 Å². The molecule has 1 saturated heterocycles. The second-order valence-corrected chi connectivity index (χ2v) is 6.78. The first-order valence-electron chi connectivity index (χ1n) is 6.33. The third-order valence-corrected chi connectivity index (χ3v) is 5.14. The number of carbonyl (C=O) groups excluding carboxylic acids is 1. The molecule has 0 spiro atoms. The van der Waals surface area contributed by atoms with Crippen molar-refractivity contribution in [3.63, 3.8) is 0 Å². The van der Waals surface area contributed by atoms with E-state index < -0.39 is 16.0 Å². The summed E-state index contributed by atoms with van der Waals surface area (Å²) in [6.45, 7) is 0.770. The fraction of sp³-hybridized carbons (Fsp3) is 0.462. The number of sulfonamides is 1. The van der Waals surface area contributed by atoms with Crippen LogP contribution < -0.4 is 5.73 Å². The molecule has 1 aromatic rings. The van der Waals surface area contributed by atoms with Crippen LogP contribution in [0.5, 0.6) is 0 Å². The molecule has 1 fully saturated rings. The fourth-order valence-electron chi connectivity index (χ4n) is 2.25. The quantitative estimate of drug-likeness (QED) is 0.809. The third-order valence-electron chi connectivity index (χ3n) is 3.34. The van der Waals surface area contributed by atoms with E-state index in [2.05, 4.69) is 4.74 Å². The lowest BCUT2D eigenvalue weighted by Crippen LogP contribution is -2.33. The van der Waals surface area contributed by atoms with E-state index in [9.17, 15) is 13.2 Å². The molecule has 0 unspecified atom stereocenters. The van der Waals surface area contributed by atoms with Gasteiger partial charge in [-0.2, -0.15) is 0 Å². The van der Waals surface area contributed by atoms with Crippen molar-refractivity contribution in [2.24, 2.45) is 5.73 Å². The summed E-state index contributed by atoms with van der Waals surface area (Å²) in [6.07, 6.45) is 0.665. The average molecular weight is 298 g/mol. The van der Waals surface area contributed by atoms with E-state index in [1.165, 1.54) is 11.4 Å². The first kappa shape index (κ1) is 15.0. The Morgan fingerprint density at radius 1 is 1.45 bits per heavy atom. The molecule has 1 aliphatic heterocycles. The molecule has 0 radical (unpaired) electrons. The van der Waals surface area contributed by atoms with Crippen LogP contribution in [0.2, 0.25) is 0 Å². The number of hydrogen-bond donors (Lipinski definition) is 1.